The van der Waals surface area contributed by atoms with E-state index in [9.17, 15) is 0 Å². The molecule has 0 aliphatic rings. The van der Waals surface area contributed by atoms with Gasteiger partial charge < -0.3 is 10.6 Å². The van der Waals surface area contributed by atoms with Crippen molar-refractivity contribution in [3.05, 3.63) is 0 Å². The second kappa shape index (κ2) is 8.08. The van der Waals surface area contributed by atoms with Crippen LogP contribution in [-0.4, -0.2) is 30.6 Å². The zero-order valence-corrected chi connectivity index (χ0v) is 12.1. The molecule has 2 unspecified atom stereocenters. The summed E-state index contributed by atoms with van der Waals surface area (Å²) in [4.78, 5) is 2.62. The highest BCUT2D eigenvalue weighted by atomic mass is 15.2. The molecule has 98 valence electrons. The summed E-state index contributed by atoms with van der Waals surface area (Å²) in [7, 11) is 0. The van der Waals surface area contributed by atoms with Gasteiger partial charge in [-0.25, -0.2) is 0 Å². The zero-order valence-electron chi connectivity index (χ0n) is 12.1. The van der Waals surface area contributed by atoms with Crippen LogP contribution < -0.4 is 5.73 Å². The molecule has 0 saturated carbocycles. The maximum absolute atomic E-state index is 5.91. The quantitative estimate of drug-likeness (QED) is 0.656. The van der Waals surface area contributed by atoms with Gasteiger partial charge in [0.15, 0.2) is 0 Å². The molecule has 0 aromatic carbocycles. The average Bonchev–Trinajstić information content (AvgIpc) is 2.33. The molecule has 0 aliphatic carbocycles. The van der Waals surface area contributed by atoms with E-state index in [-0.39, 0.29) is 5.41 Å². The Hall–Kier alpha value is -0.0800. The van der Waals surface area contributed by atoms with Crippen LogP contribution >= 0.6 is 0 Å². The van der Waals surface area contributed by atoms with Crippen LogP contribution in [0.5, 0.6) is 0 Å². The molecule has 2 heteroatoms. The lowest BCUT2D eigenvalue weighted by atomic mass is 9.86. The molecular weight excluding hydrogens is 196 g/mol. The Morgan fingerprint density at radius 1 is 1.25 bits per heavy atom. The highest BCUT2D eigenvalue weighted by Gasteiger charge is 2.25. The SMILES string of the molecule is CCCCN(CC(C)(CC)CN)C(C)CC. The summed E-state index contributed by atoms with van der Waals surface area (Å²) in [5.74, 6) is 0. The molecule has 16 heavy (non-hydrogen) atoms. The monoisotopic (exact) mass is 228 g/mol. The van der Waals surface area contributed by atoms with Gasteiger partial charge in [0, 0.05) is 12.6 Å². The van der Waals surface area contributed by atoms with Crippen molar-refractivity contribution in [3.8, 4) is 0 Å². The molecular formula is C14H32N2. The first kappa shape index (κ1) is 15.9. The Kier molecular flexibility index (Phi) is 8.04. The third kappa shape index (κ3) is 5.31. The zero-order chi connectivity index (χ0) is 12.6. The van der Waals surface area contributed by atoms with Gasteiger partial charge >= 0.3 is 0 Å². The summed E-state index contributed by atoms with van der Waals surface area (Å²) >= 11 is 0. The van der Waals surface area contributed by atoms with Crippen molar-refractivity contribution < 1.29 is 0 Å². The minimum Gasteiger partial charge on any atom is -0.330 e. The van der Waals surface area contributed by atoms with E-state index < -0.39 is 0 Å². The molecule has 0 aromatic rings. The first-order valence-electron chi connectivity index (χ1n) is 6.97. The first-order valence-corrected chi connectivity index (χ1v) is 6.97. The second-order valence-electron chi connectivity index (χ2n) is 5.45. The topological polar surface area (TPSA) is 29.3 Å². The van der Waals surface area contributed by atoms with Crippen LogP contribution in [0.3, 0.4) is 0 Å². The summed E-state index contributed by atoms with van der Waals surface area (Å²) in [6.45, 7) is 14.6. The largest absolute Gasteiger partial charge is 0.330 e. The van der Waals surface area contributed by atoms with Gasteiger partial charge in [-0.1, -0.05) is 34.1 Å². The molecule has 0 aromatic heterocycles. The molecule has 0 saturated heterocycles. The summed E-state index contributed by atoms with van der Waals surface area (Å²) in [5, 5.41) is 0. The Morgan fingerprint density at radius 3 is 2.25 bits per heavy atom. The molecule has 0 aliphatic heterocycles. The van der Waals surface area contributed by atoms with E-state index in [0.29, 0.717) is 6.04 Å². The van der Waals surface area contributed by atoms with Crippen molar-refractivity contribution in [2.45, 2.75) is 66.3 Å². The van der Waals surface area contributed by atoms with Gasteiger partial charge in [-0.05, 0) is 44.7 Å². The minimum absolute atomic E-state index is 0.289. The fourth-order valence-electron chi connectivity index (χ4n) is 1.89. The van der Waals surface area contributed by atoms with Gasteiger partial charge in [-0.15, -0.1) is 0 Å². The standard InChI is InChI=1S/C14H32N2/c1-6-9-10-16(13(4)7-2)12-14(5,8-3)11-15/h13H,6-12,15H2,1-5H3. The summed E-state index contributed by atoms with van der Waals surface area (Å²) in [6, 6.07) is 0.684. The third-order valence-electron chi connectivity index (χ3n) is 3.94. The van der Waals surface area contributed by atoms with Crippen molar-refractivity contribution in [2.24, 2.45) is 11.1 Å². The van der Waals surface area contributed by atoms with Gasteiger partial charge in [-0.3, -0.25) is 0 Å². The van der Waals surface area contributed by atoms with E-state index in [4.69, 9.17) is 5.73 Å². The minimum atomic E-state index is 0.289. The van der Waals surface area contributed by atoms with Crippen molar-refractivity contribution in [1.82, 2.24) is 4.90 Å². The normalized spacial score (nSPS) is 17.4. The third-order valence-corrected chi connectivity index (χ3v) is 3.94. The number of nitrogens with two attached hydrogens (primary N) is 1. The van der Waals surface area contributed by atoms with E-state index in [1.54, 1.807) is 0 Å². The van der Waals surface area contributed by atoms with Gasteiger partial charge in [-0.2, -0.15) is 0 Å². The average molecular weight is 228 g/mol. The van der Waals surface area contributed by atoms with E-state index >= 15 is 0 Å². The van der Waals surface area contributed by atoms with Gasteiger partial charge in [0.25, 0.3) is 0 Å². The molecule has 0 spiro atoms. The molecule has 2 N–H and O–H groups in total. The fraction of sp³-hybridized carbons (Fsp3) is 1.00. The van der Waals surface area contributed by atoms with Crippen LogP contribution in [0.15, 0.2) is 0 Å². The fourth-order valence-corrected chi connectivity index (χ4v) is 1.89. The van der Waals surface area contributed by atoms with E-state index in [1.807, 2.05) is 0 Å². The number of unbranched alkanes of at least 4 members (excludes halogenated alkanes) is 1. The van der Waals surface area contributed by atoms with Crippen LogP contribution in [0.1, 0.15) is 60.3 Å². The smallest absolute Gasteiger partial charge is 0.00645 e. The first-order chi connectivity index (χ1) is 7.52. The van der Waals surface area contributed by atoms with Crippen molar-refractivity contribution in [2.75, 3.05) is 19.6 Å². The molecule has 2 atom stereocenters. The van der Waals surface area contributed by atoms with E-state index in [0.717, 1.165) is 13.1 Å². The van der Waals surface area contributed by atoms with Crippen LogP contribution in [0, 0.1) is 5.41 Å². The van der Waals surface area contributed by atoms with Crippen molar-refractivity contribution in [3.63, 3.8) is 0 Å². The lowest BCUT2D eigenvalue weighted by Crippen LogP contribution is -2.44. The van der Waals surface area contributed by atoms with Crippen molar-refractivity contribution in [1.29, 1.82) is 0 Å². The van der Waals surface area contributed by atoms with Gasteiger partial charge in [0.05, 0.1) is 0 Å². The summed E-state index contributed by atoms with van der Waals surface area (Å²) in [5.41, 5.74) is 6.20. The predicted octanol–water partition coefficient (Wildman–Crippen LogP) is 3.26. The molecule has 0 rings (SSSR count). The maximum Gasteiger partial charge on any atom is 0.00645 e. The number of hydrogen-bond acceptors (Lipinski definition) is 2. The Labute approximate surface area is 103 Å². The van der Waals surface area contributed by atoms with E-state index in [2.05, 4.69) is 39.5 Å². The second-order valence-corrected chi connectivity index (χ2v) is 5.45. The highest BCUT2D eigenvalue weighted by Crippen LogP contribution is 2.22. The Morgan fingerprint density at radius 2 is 1.88 bits per heavy atom. The molecule has 0 bridgehead atoms. The van der Waals surface area contributed by atoms with Gasteiger partial charge in [0.2, 0.25) is 0 Å². The van der Waals surface area contributed by atoms with Crippen LogP contribution in [0.2, 0.25) is 0 Å². The lowest BCUT2D eigenvalue weighted by molar-refractivity contribution is 0.122. The maximum atomic E-state index is 5.91. The molecule has 0 fully saturated rings. The number of nitrogens with zero attached hydrogens (tertiary/aromatic N) is 1. The highest BCUT2D eigenvalue weighted by molar-refractivity contribution is 4.80. The predicted molar refractivity (Wildman–Crippen MR) is 73.7 cm³/mol. The van der Waals surface area contributed by atoms with Crippen molar-refractivity contribution >= 4 is 0 Å². The Balaban J connectivity index is 4.39. The Bertz CT molecular complexity index is 164. The van der Waals surface area contributed by atoms with Crippen LogP contribution in [0.25, 0.3) is 0 Å². The molecule has 0 heterocycles. The van der Waals surface area contributed by atoms with Crippen LogP contribution in [0.4, 0.5) is 0 Å². The van der Waals surface area contributed by atoms with Gasteiger partial charge in [0.1, 0.15) is 0 Å². The molecule has 0 radical (unpaired) electrons. The summed E-state index contributed by atoms with van der Waals surface area (Å²) in [6.07, 6.45) is 4.98. The number of hydrogen-bond donors (Lipinski definition) is 1. The lowest BCUT2D eigenvalue weighted by Gasteiger charge is -2.37. The number of rotatable bonds is 9. The molecule has 2 nitrogen and oxygen atoms in total. The summed E-state index contributed by atoms with van der Waals surface area (Å²) < 4.78 is 0. The van der Waals surface area contributed by atoms with Crippen LogP contribution in [-0.2, 0) is 0 Å². The molecule has 0 amide bonds. The van der Waals surface area contributed by atoms with E-state index in [1.165, 1.54) is 32.2 Å².